The van der Waals surface area contributed by atoms with Crippen LogP contribution in [0.5, 0.6) is 0 Å². The number of carbonyl (C=O) groups is 1. The lowest BCUT2D eigenvalue weighted by atomic mass is 9.61. The van der Waals surface area contributed by atoms with Gasteiger partial charge in [-0.25, -0.2) is 4.79 Å². The lowest BCUT2D eigenvalue weighted by Crippen LogP contribution is -2.67. The molecule has 0 radical (unpaired) electrons. The van der Waals surface area contributed by atoms with E-state index >= 15 is 0 Å². The van der Waals surface area contributed by atoms with Crippen LogP contribution in [0, 0.1) is 5.41 Å². The summed E-state index contributed by atoms with van der Waals surface area (Å²) in [6.45, 7) is 3.19. The van der Waals surface area contributed by atoms with Crippen LogP contribution in [0.25, 0.3) is 0 Å². The standard InChI is InChI=1S/C14H23F3N2O3/c1-2-3-4-22-12(21)19-8-13(9-19)5-10(6-13)18-7-11(20)14(15,16)17/h10-11,18,20H,2-9H2,1H3. The third kappa shape index (κ3) is 4.04. The van der Waals surface area contributed by atoms with Gasteiger partial charge in [-0.1, -0.05) is 13.3 Å². The fourth-order valence-corrected chi connectivity index (χ4v) is 3.07. The molecule has 1 amide bonds. The van der Waals surface area contributed by atoms with Crippen molar-refractivity contribution in [1.82, 2.24) is 10.2 Å². The van der Waals surface area contributed by atoms with Crippen LogP contribution in [-0.2, 0) is 4.74 Å². The first kappa shape index (κ1) is 17.3. The van der Waals surface area contributed by atoms with Gasteiger partial charge in [0, 0.05) is 31.1 Å². The lowest BCUT2D eigenvalue weighted by Gasteiger charge is -2.58. The van der Waals surface area contributed by atoms with Gasteiger partial charge in [0.15, 0.2) is 6.10 Å². The molecule has 2 rings (SSSR count). The molecular formula is C14H23F3N2O3. The van der Waals surface area contributed by atoms with E-state index < -0.39 is 18.8 Å². The number of hydrogen-bond donors (Lipinski definition) is 2. The Hall–Kier alpha value is -1.02. The second-order valence-electron chi connectivity index (χ2n) is 6.39. The molecule has 1 spiro atoms. The summed E-state index contributed by atoms with van der Waals surface area (Å²) in [6.07, 6.45) is -3.93. The van der Waals surface area contributed by atoms with Crippen molar-refractivity contribution in [2.75, 3.05) is 26.2 Å². The summed E-state index contributed by atoms with van der Waals surface area (Å²) in [5.74, 6) is 0. The number of unbranched alkanes of at least 4 members (excludes halogenated alkanes) is 1. The SMILES string of the molecule is CCCCOC(=O)N1CC2(CC(NCC(O)C(F)(F)F)C2)C1. The molecule has 5 nitrogen and oxygen atoms in total. The smallest absolute Gasteiger partial charge is 0.415 e. The highest BCUT2D eigenvalue weighted by Crippen LogP contribution is 2.48. The number of alkyl halides is 3. The molecule has 22 heavy (non-hydrogen) atoms. The van der Waals surface area contributed by atoms with E-state index in [9.17, 15) is 18.0 Å². The minimum Gasteiger partial charge on any atom is -0.449 e. The molecule has 0 bridgehead atoms. The van der Waals surface area contributed by atoms with Crippen molar-refractivity contribution in [2.24, 2.45) is 5.41 Å². The zero-order valence-electron chi connectivity index (χ0n) is 12.7. The Morgan fingerprint density at radius 1 is 1.45 bits per heavy atom. The van der Waals surface area contributed by atoms with Gasteiger partial charge in [0.1, 0.15) is 0 Å². The fourth-order valence-electron chi connectivity index (χ4n) is 3.07. The van der Waals surface area contributed by atoms with Crippen LogP contribution in [0.15, 0.2) is 0 Å². The van der Waals surface area contributed by atoms with Gasteiger partial charge in [-0.3, -0.25) is 0 Å². The van der Waals surface area contributed by atoms with Crippen molar-refractivity contribution in [3.8, 4) is 0 Å². The van der Waals surface area contributed by atoms with Crippen LogP contribution in [0.1, 0.15) is 32.6 Å². The molecule has 0 aromatic heterocycles. The maximum Gasteiger partial charge on any atom is 0.415 e. The van der Waals surface area contributed by atoms with Crippen molar-refractivity contribution in [3.05, 3.63) is 0 Å². The summed E-state index contributed by atoms with van der Waals surface area (Å²) < 4.78 is 41.6. The molecule has 1 unspecified atom stereocenters. The van der Waals surface area contributed by atoms with Crippen LogP contribution < -0.4 is 5.32 Å². The largest absolute Gasteiger partial charge is 0.449 e. The number of carbonyl (C=O) groups excluding carboxylic acids is 1. The Labute approximate surface area is 127 Å². The van der Waals surface area contributed by atoms with E-state index in [0.717, 1.165) is 25.7 Å². The molecule has 1 heterocycles. The van der Waals surface area contributed by atoms with Gasteiger partial charge in [0.2, 0.25) is 0 Å². The molecule has 128 valence electrons. The zero-order valence-corrected chi connectivity index (χ0v) is 12.7. The molecule has 2 N–H and O–H groups in total. The predicted molar refractivity (Wildman–Crippen MR) is 73.3 cm³/mol. The Balaban J connectivity index is 1.59. The molecule has 0 aromatic rings. The Bertz CT molecular complexity index is 389. The summed E-state index contributed by atoms with van der Waals surface area (Å²) in [4.78, 5) is 13.3. The van der Waals surface area contributed by atoms with Crippen LogP contribution in [0.4, 0.5) is 18.0 Å². The minimum atomic E-state index is -4.58. The van der Waals surface area contributed by atoms with Crippen molar-refractivity contribution in [1.29, 1.82) is 0 Å². The third-order valence-corrected chi connectivity index (χ3v) is 4.37. The first-order valence-corrected chi connectivity index (χ1v) is 7.66. The first-order chi connectivity index (χ1) is 10.3. The third-order valence-electron chi connectivity index (χ3n) is 4.37. The zero-order chi connectivity index (χ0) is 16.4. The highest BCUT2D eigenvalue weighted by atomic mass is 19.4. The van der Waals surface area contributed by atoms with Gasteiger partial charge < -0.3 is 20.1 Å². The quantitative estimate of drug-likeness (QED) is 0.733. The van der Waals surface area contributed by atoms with E-state index in [1.165, 1.54) is 0 Å². The van der Waals surface area contributed by atoms with E-state index in [0.29, 0.717) is 19.7 Å². The van der Waals surface area contributed by atoms with Crippen molar-refractivity contribution >= 4 is 6.09 Å². The van der Waals surface area contributed by atoms with Gasteiger partial charge in [-0.2, -0.15) is 13.2 Å². The normalized spacial score (nSPS) is 22.1. The van der Waals surface area contributed by atoms with Crippen LogP contribution >= 0.6 is 0 Å². The number of likely N-dealkylation sites (tertiary alicyclic amines) is 1. The molecule has 2 aliphatic rings. The number of nitrogens with zero attached hydrogens (tertiary/aromatic N) is 1. The highest BCUT2D eigenvalue weighted by molar-refractivity contribution is 5.69. The number of hydrogen-bond acceptors (Lipinski definition) is 4. The van der Waals surface area contributed by atoms with Crippen LogP contribution in [-0.4, -0.2) is 60.7 Å². The number of nitrogens with one attached hydrogen (secondary N) is 1. The van der Waals surface area contributed by atoms with Crippen molar-refractivity contribution < 1.29 is 27.8 Å². The molecule has 1 saturated carbocycles. The molecule has 8 heteroatoms. The minimum absolute atomic E-state index is 0.0183. The van der Waals surface area contributed by atoms with Gasteiger partial charge in [-0.05, 0) is 19.3 Å². The average molecular weight is 324 g/mol. The predicted octanol–water partition coefficient (Wildman–Crippen LogP) is 1.90. The summed E-state index contributed by atoms with van der Waals surface area (Å²) in [7, 11) is 0. The van der Waals surface area contributed by atoms with E-state index in [1.54, 1.807) is 4.90 Å². The van der Waals surface area contributed by atoms with Gasteiger partial charge in [-0.15, -0.1) is 0 Å². The van der Waals surface area contributed by atoms with Crippen molar-refractivity contribution in [2.45, 2.75) is 50.9 Å². The average Bonchev–Trinajstić information content (AvgIpc) is 2.33. The molecule has 1 atom stereocenters. The molecule has 1 aliphatic carbocycles. The van der Waals surface area contributed by atoms with E-state index in [4.69, 9.17) is 9.84 Å². The van der Waals surface area contributed by atoms with Crippen molar-refractivity contribution in [3.63, 3.8) is 0 Å². The number of aliphatic hydroxyl groups is 1. The Kier molecular flexibility index (Phi) is 5.21. The summed E-state index contributed by atoms with van der Waals surface area (Å²) in [5, 5.41) is 11.6. The molecular weight excluding hydrogens is 301 g/mol. The van der Waals surface area contributed by atoms with E-state index in [-0.39, 0.29) is 17.6 Å². The maximum atomic E-state index is 12.2. The molecule has 1 saturated heterocycles. The van der Waals surface area contributed by atoms with Crippen LogP contribution in [0.2, 0.25) is 0 Å². The number of ether oxygens (including phenoxy) is 1. The lowest BCUT2D eigenvalue weighted by molar-refractivity contribution is -0.203. The summed E-state index contributed by atoms with van der Waals surface area (Å²) >= 11 is 0. The van der Waals surface area contributed by atoms with E-state index in [2.05, 4.69) is 5.32 Å². The maximum absolute atomic E-state index is 12.2. The monoisotopic (exact) mass is 324 g/mol. The number of aliphatic hydroxyl groups excluding tert-OH is 1. The highest BCUT2D eigenvalue weighted by Gasteiger charge is 2.54. The summed E-state index contributed by atoms with van der Waals surface area (Å²) in [6, 6.07) is -0.0183. The first-order valence-electron chi connectivity index (χ1n) is 7.66. The Morgan fingerprint density at radius 2 is 2.09 bits per heavy atom. The number of amides is 1. The van der Waals surface area contributed by atoms with Gasteiger partial charge in [0.25, 0.3) is 0 Å². The molecule has 2 fully saturated rings. The van der Waals surface area contributed by atoms with Gasteiger partial charge >= 0.3 is 12.3 Å². The second-order valence-corrected chi connectivity index (χ2v) is 6.39. The molecule has 0 aromatic carbocycles. The van der Waals surface area contributed by atoms with Crippen LogP contribution in [0.3, 0.4) is 0 Å². The van der Waals surface area contributed by atoms with Gasteiger partial charge in [0.05, 0.1) is 6.61 Å². The van der Waals surface area contributed by atoms with E-state index in [1.807, 2.05) is 6.92 Å². The fraction of sp³-hybridized carbons (Fsp3) is 0.929. The Morgan fingerprint density at radius 3 is 2.64 bits per heavy atom. The molecule has 1 aliphatic heterocycles. The summed E-state index contributed by atoms with van der Waals surface area (Å²) in [5.41, 5.74) is 0.0324. The number of rotatable bonds is 6. The number of halogens is 3. The topological polar surface area (TPSA) is 61.8 Å². The second kappa shape index (κ2) is 6.62.